The molecule has 0 aliphatic rings. The molecule has 0 radical (unpaired) electrons. The Labute approximate surface area is 162 Å². The van der Waals surface area contributed by atoms with Crippen LogP contribution in [0.15, 0.2) is 59.5 Å². The monoisotopic (exact) mass is 399 g/mol. The Bertz CT molecular complexity index is 1220. The van der Waals surface area contributed by atoms with E-state index in [1.165, 1.54) is 28.0 Å². The minimum absolute atomic E-state index is 0.0346. The highest BCUT2D eigenvalue weighted by Crippen LogP contribution is 2.32. The molecule has 5 nitrogen and oxygen atoms in total. The van der Waals surface area contributed by atoms with E-state index in [9.17, 15) is 13.6 Å². The molecule has 8 heteroatoms. The second-order valence-electron chi connectivity index (χ2n) is 6.13. The number of nitrogen functional groups attached to an aromatic ring is 1. The number of anilines is 1. The highest BCUT2D eigenvalue weighted by atomic mass is 32.1. The molecule has 142 valence electrons. The number of benzene rings is 2. The van der Waals surface area contributed by atoms with Crippen LogP contribution < -0.4 is 16.0 Å². The maximum Gasteiger partial charge on any atom is 0.274 e. The number of aromatic nitrogens is 2. The lowest BCUT2D eigenvalue weighted by molar-refractivity contribution is 0.303. The van der Waals surface area contributed by atoms with Gasteiger partial charge in [0.2, 0.25) is 0 Å². The van der Waals surface area contributed by atoms with Crippen LogP contribution in [-0.4, -0.2) is 9.55 Å². The molecular weight excluding hydrogens is 384 g/mol. The van der Waals surface area contributed by atoms with E-state index in [4.69, 9.17) is 10.5 Å². The van der Waals surface area contributed by atoms with Crippen molar-refractivity contribution in [2.75, 3.05) is 5.73 Å². The second kappa shape index (κ2) is 7.40. The van der Waals surface area contributed by atoms with Crippen LogP contribution in [0.4, 0.5) is 14.5 Å². The Morgan fingerprint density at radius 2 is 2.00 bits per heavy atom. The SMILES string of the molecule is Nc1cccn(Cc2nc3cccc(OCc4ccc(F)cc4F)c3s2)c1=O. The van der Waals surface area contributed by atoms with E-state index in [0.717, 1.165) is 10.8 Å². The van der Waals surface area contributed by atoms with Crippen LogP contribution in [0.2, 0.25) is 0 Å². The van der Waals surface area contributed by atoms with Gasteiger partial charge in [-0.2, -0.15) is 0 Å². The normalized spacial score (nSPS) is 11.1. The van der Waals surface area contributed by atoms with Crippen molar-refractivity contribution in [1.29, 1.82) is 0 Å². The van der Waals surface area contributed by atoms with Gasteiger partial charge in [-0.05, 0) is 36.4 Å². The second-order valence-corrected chi connectivity index (χ2v) is 7.22. The van der Waals surface area contributed by atoms with E-state index in [2.05, 4.69) is 4.98 Å². The van der Waals surface area contributed by atoms with Gasteiger partial charge < -0.3 is 15.0 Å². The molecule has 0 amide bonds. The van der Waals surface area contributed by atoms with Crippen molar-refractivity contribution < 1.29 is 13.5 Å². The lowest BCUT2D eigenvalue weighted by Gasteiger charge is -2.07. The van der Waals surface area contributed by atoms with Crippen LogP contribution in [0.3, 0.4) is 0 Å². The molecule has 2 aromatic carbocycles. The number of thiazole rings is 1. The molecule has 0 bridgehead atoms. The van der Waals surface area contributed by atoms with Gasteiger partial charge in [-0.3, -0.25) is 4.79 Å². The van der Waals surface area contributed by atoms with Crippen molar-refractivity contribution in [3.63, 3.8) is 0 Å². The van der Waals surface area contributed by atoms with Crippen LogP contribution in [0.1, 0.15) is 10.6 Å². The van der Waals surface area contributed by atoms with Gasteiger partial charge >= 0.3 is 0 Å². The van der Waals surface area contributed by atoms with E-state index in [1.54, 1.807) is 30.5 Å². The van der Waals surface area contributed by atoms with Crippen LogP contribution >= 0.6 is 11.3 Å². The first kappa shape index (κ1) is 18.1. The molecule has 0 atom stereocenters. The first-order valence-corrected chi connectivity index (χ1v) is 9.23. The number of nitrogens with two attached hydrogens (primary N) is 1. The standard InChI is InChI=1S/C20H15F2N3O2S/c21-13-7-6-12(14(22)9-13)11-27-17-5-1-4-16-19(17)28-18(24-16)10-25-8-2-3-15(23)20(25)26/h1-9H,10-11,23H2. The fourth-order valence-electron chi connectivity index (χ4n) is 2.77. The average Bonchev–Trinajstić information content (AvgIpc) is 3.08. The summed E-state index contributed by atoms with van der Waals surface area (Å²) in [4.78, 5) is 16.6. The number of ether oxygens (including phenoxy) is 1. The van der Waals surface area contributed by atoms with E-state index < -0.39 is 11.6 Å². The van der Waals surface area contributed by atoms with E-state index in [-0.39, 0.29) is 30.0 Å². The number of pyridine rings is 1. The minimum atomic E-state index is -0.654. The number of hydrogen-bond acceptors (Lipinski definition) is 5. The first-order chi connectivity index (χ1) is 13.5. The summed E-state index contributed by atoms with van der Waals surface area (Å²) in [5.74, 6) is -0.740. The molecular formula is C20H15F2N3O2S. The molecule has 0 unspecified atom stereocenters. The fraction of sp³-hybridized carbons (Fsp3) is 0.100. The lowest BCUT2D eigenvalue weighted by Crippen LogP contribution is -2.22. The van der Waals surface area contributed by atoms with E-state index in [1.807, 2.05) is 6.07 Å². The Morgan fingerprint density at radius 3 is 2.82 bits per heavy atom. The number of fused-ring (bicyclic) bond motifs is 1. The number of hydrogen-bond donors (Lipinski definition) is 1. The smallest absolute Gasteiger partial charge is 0.274 e. The maximum atomic E-state index is 13.8. The largest absolute Gasteiger partial charge is 0.487 e. The first-order valence-electron chi connectivity index (χ1n) is 8.41. The summed E-state index contributed by atoms with van der Waals surface area (Å²) in [6, 6.07) is 12.0. The van der Waals surface area contributed by atoms with Crippen LogP contribution in [0.25, 0.3) is 10.2 Å². The summed E-state index contributed by atoms with van der Waals surface area (Å²) in [5, 5.41) is 0.715. The fourth-order valence-corrected chi connectivity index (χ4v) is 3.80. The predicted octanol–water partition coefficient (Wildman–Crippen LogP) is 3.95. The van der Waals surface area contributed by atoms with Gasteiger partial charge in [0.1, 0.15) is 29.0 Å². The summed E-state index contributed by atoms with van der Waals surface area (Å²) < 4.78 is 34.9. The van der Waals surface area contributed by atoms with Gasteiger partial charge in [-0.15, -0.1) is 11.3 Å². The number of halogens is 2. The number of nitrogens with zero attached hydrogens (tertiary/aromatic N) is 2. The predicted molar refractivity (Wildman–Crippen MR) is 105 cm³/mol. The Kier molecular flexibility index (Phi) is 4.79. The third-order valence-corrected chi connectivity index (χ3v) is 5.25. The summed E-state index contributed by atoms with van der Waals surface area (Å²) >= 11 is 1.38. The zero-order valence-electron chi connectivity index (χ0n) is 14.6. The molecule has 0 aliphatic carbocycles. The van der Waals surface area contributed by atoms with Crippen molar-refractivity contribution in [2.45, 2.75) is 13.2 Å². The summed E-state index contributed by atoms with van der Waals surface area (Å²) in [7, 11) is 0. The summed E-state index contributed by atoms with van der Waals surface area (Å²) in [5.41, 5.74) is 6.54. The van der Waals surface area contributed by atoms with E-state index >= 15 is 0 Å². The zero-order chi connectivity index (χ0) is 19.7. The third-order valence-electron chi connectivity index (χ3n) is 4.18. The Balaban J connectivity index is 1.60. The highest BCUT2D eigenvalue weighted by molar-refractivity contribution is 7.19. The molecule has 0 spiro atoms. The van der Waals surface area contributed by atoms with Gasteiger partial charge in [0.25, 0.3) is 5.56 Å². The van der Waals surface area contributed by atoms with Gasteiger partial charge in [-0.1, -0.05) is 6.07 Å². The Hall–Kier alpha value is -3.26. The molecule has 0 aliphatic heterocycles. The van der Waals surface area contributed by atoms with Gasteiger partial charge in [-0.25, -0.2) is 13.8 Å². The molecule has 0 fully saturated rings. The summed E-state index contributed by atoms with van der Waals surface area (Å²) in [6.45, 7) is 0.252. The minimum Gasteiger partial charge on any atom is -0.487 e. The molecule has 0 saturated heterocycles. The van der Waals surface area contributed by atoms with Crippen molar-refractivity contribution in [2.24, 2.45) is 0 Å². The van der Waals surface area contributed by atoms with Crippen LogP contribution in [0.5, 0.6) is 5.75 Å². The average molecular weight is 399 g/mol. The lowest BCUT2D eigenvalue weighted by atomic mass is 10.2. The molecule has 2 N–H and O–H groups in total. The van der Waals surface area contributed by atoms with Crippen molar-refractivity contribution in [3.8, 4) is 5.75 Å². The van der Waals surface area contributed by atoms with Gasteiger partial charge in [0.15, 0.2) is 0 Å². The van der Waals surface area contributed by atoms with Crippen molar-refractivity contribution in [3.05, 3.63) is 87.3 Å². The zero-order valence-corrected chi connectivity index (χ0v) is 15.4. The molecule has 0 saturated carbocycles. The van der Waals surface area contributed by atoms with Crippen molar-refractivity contribution >= 4 is 27.2 Å². The van der Waals surface area contributed by atoms with Crippen LogP contribution in [0, 0.1) is 11.6 Å². The molecule has 2 aromatic heterocycles. The molecule has 4 rings (SSSR count). The molecule has 4 aromatic rings. The quantitative estimate of drug-likeness (QED) is 0.552. The summed E-state index contributed by atoms with van der Waals surface area (Å²) in [6.07, 6.45) is 1.65. The van der Waals surface area contributed by atoms with Gasteiger partial charge in [0.05, 0.1) is 22.4 Å². The molecule has 2 heterocycles. The topological polar surface area (TPSA) is 70.1 Å². The van der Waals surface area contributed by atoms with Crippen LogP contribution in [-0.2, 0) is 13.2 Å². The third kappa shape index (κ3) is 3.59. The molecule has 28 heavy (non-hydrogen) atoms. The van der Waals surface area contributed by atoms with Crippen molar-refractivity contribution in [1.82, 2.24) is 9.55 Å². The maximum absolute atomic E-state index is 13.8. The highest BCUT2D eigenvalue weighted by Gasteiger charge is 2.12. The number of rotatable bonds is 5. The Morgan fingerprint density at radius 1 is 1.14 bits per heavy atom. The van der Waals surface area contributed by atoms with E-state index in [0.29, 0.717) is 16.3 Å². The van der Waals surface area contributed by atoms with Gasteiger partial charge in [0, 0.05) is 17.8 Å².